The Kier molecular flexibility index (Phi) is 6.52. The van der Waals surface area contributed by atoms with Crippen LogP contribution >= 0.6 is 11.8 Å². The lowest BCUT2D eigenvalue weighted by Crippen LogP contribution is -2.70. The van der Waals surface area contributed by atoms with E-state index in [-0.39, 0.29) is 42.4 Å². The summed E-state index contributed by atoms with van der Waals surface area (Å²) in [4.78, 5) is 59.3. The molecule has 0 spiro atoms. The third-order valence-electron chi connectivity index (χ3n) is 5.09. The average Bonchev–Trinajstić information content (AvgIpc) is 3.00. The van der Waals surface area contributed by atoms with E-state index in [0.29, 0.717) is 11.3 Å². The van der Waals surface area contributed by atoms with Gasteiger partial charge in [-0.25, -0.2) is 4.79 Å². The van der Waals surface area contributed by atoms with Crippen molar-refractivity contribution < 1.29 is 33.9 Å². The van der Waals surface area contributed by atoms with Crippen LogP contribution < -0.4 is 5.32 Å². The van der Waals surface area contributed by atoms with E-state index in [1.165, 1.54) is 37.2 Å². The number of nitrogens with one attached hydrogen (secondary N) is 1. The van der Waals surface area contributed by atoms with Crippen molar-refractivity contribution in [1.29, 1.82) is 0 Å². The molecule has 172 valence electrons. The van der Waals surface area contributed by atoms with Gasteiger partial charge in [0.2, 0.25) is 5.91 Å². The molecule has 2 N–H and O–H groups in total. The number of aliphatic carboxylic acids is 1. The van der Waals surface area contributed by atoms with E-state index >= 15 is 0 Å². The third-order valence-corrected chi connectivity index (χ3v) is 6.43. The van der Waals surface area contributed by atoms with Crippen LogP contribution in [0.4, 0.5) is 5.69 Å². The van der Waals surface area contributed by atoms with Gasteiger partial charge in [-0.1, -0.05) is 0 Å². The van der Waals surface area contributed by atoms with Crippen molar-refractivity contribution in [3.05, 3.63) is 32.8 Å². The van der Waals surface area contributed by atoms with Gasteiger partial charge in [-0.2, -0.15) is 5.10 Å². The van der Waals surface area contributed by atoms with E-state index in [4.69, 9.17) is 4.74 Å². The van der Waals surface area contributed by atoms with E-state index in [1.807, 2.05) is 0 Å². The molecule has 1 fully saturated rings. The zero-order valence-corrected chi connectivity index (χ0v) is 18.3. The second-order valence-electron chi connectivity index (χ2n) is 7.24. The van der Waals surface area contributed by atoms with Crippen LogP contribution in [0, 0.1) is 24.0 Å². The van der Waals surface area contributed by atoms with Gasteiger partial charge in [0, 0.05) is 24.7 Å². The summed E-state index contributed by atoms with van der Waals surface area (Å²) in [5, 5.41) is 26.7. The van der Waals surface area contributed by atoms with E-state index in [9.17, 15) is 34.4 Å². The first kappa shape index (κ1) is 23.2. The fourth-order valence-corrected chi connectivity index (χ4v) is 4.93. The molecule has 0 aliphatic carbocycles. The first-order valence-electron chi connectivity index (χ1n) is 9.54. The molecule has 2 amide bonds. The second-order valence-corrected chi connectivity index (χ2v) is 8.35. The number of β-lactam (4-membered cyclic amide) rings is 1. The number of hydrogen-bond acceptors (Lipinski definition) is 9. The average molecular weight is 467 g/mol. The van der Waals surface area contributed by atoms with Crippen LogP contribution in [0.15, 0.2) is 11.3 Å². The number of thioether (sulfide) groups is 1. The molecular formula is C18H21N5O8S. The number of carboxylic acid groups (broad SMARTS) is 1. The van der Waals surface area contributed by atoms with Crippen molar-refractivity contribution in [2.24, 2.45) is 0 Å². The smallest absolute Gasteiger partial charge is 0.352 e. The zero-order chi connectivity index (χ0) is 23.7. The van der Waals surface area contributed by atoms with Crippen LogP contribution in [0.2, 0.25) is 0 Å². The highest BCUT2D eigenvalue weighted by molar-refractivity contribution is 8.00. The van der Waals surface area contributed by atoms with Gasteiger partial charge in [-0.3, -0.25) is 34.1 Å². The maximum absolute atomic E-state index is 12.6. The third kappa shape index (κ3) is 4.30. The lowest BCUT2D eigenvalue weighted by molar-refractivity contribution is -0.386. The van der Waals surface area contributed by atoms with Gasteiger partial charge in [0.05, 0.1) is 11.5 Å². The van der Waals surface area contributed by atoms with Crippen LogP contribution in [-0.2, 0) is 30.5 Å². The molecule has 13 nitrogen and oxygen atoms in total. The normalized spacial score (nSPS) is 19.8. The lowest BCUT2D eigenvalue weighted by atomic mass is 10.0. The van der Waals surface area contributed by atoms with Crippen LogP contribution in [0.1, 0.15) is 24.7 Å². The molecule has 2 atom stereocenters. The number of carbonyl (C=O) groups excluding carboxylic acids is 3. The topological polar surface area (TPSA) is 174 Å². The highest BCUT2D eigenvalue weighted by atomic mass is 32.2. The van der Waals surface area contributed by atoms with Gasteiger partial charge < -0.3 is 15.2 Å². The minimum Gasteiger partial charge on any atom is -0.477 e. The number of nitro groups is 1. The standard InChI is InChI=1S/C18H21N5O8S/c1-8-14(23(29)30)9(2)21(20-8)5-4-12(25)19-13-16(26)22-15(18(27)28)11(6-31-10(3)24)7-32-17(13)22/h13,17H,4-7H2,1-3H3,(H,19,25)(H,27,28). The molecule has 14 heteroatoms. The molecule has 1 saturated heterocycles. The van der Waals surface area contributed by atoms with Crippen LogP contribution in [-0.4, -0.2) is 72.2 Å². The minimum absolute atomic E-state index is 0.0698. The Morgan fingerprint density at radius 2 is 2.06 bits per heavy atom. The Hall–Kier alpha value is -3.42. The number of aryl methyl sites for hydroxylation is 2. The highest BCUT2D eigenvalue weighted by Crippen LogP contribution is 2.40. The number of amides is 2. The van der Waals surface area contributed by atoms with Gasteiger partial charge in [0.15, 0.2) is 0 Å². The summed E-state index contributed by atoms with van der Waals surface area (Å²) in [6.07, 6.45) is -0.0698. The Labute approximate surface area is 185 Å². The highest BCUT2D eigenvalue weighted by Gasteiger charge is 2.54. The molecule has 0 aromatic carbocycles. The van der Waals surface area contributed by atoms with Gasteiger partial charge in [0.1, 0.15) is 35.1 Å². The number of rotatable bonds is 8. The van der Waals surface area contributed by atoms with E-state index in [2.05, 4.69) is 10.4 Å². The van der Waals surface area contributed by atoms with E-state index in [1.54, 1.807) is 0 Å². The van der Waals surface area contributed by atoms with Crippen molar-refractivity contribution in [2.45, 2.75) is 45.2 Å². The first-order valence-corrected chi connectivity index (χ1v) is 10.6. The summed E-state index contributed by atoms with van der Waals surface area (Å²) < 4.78 is 6.24. The Bertz CT molecular complexity index is 1050. The molecular weight excluding hydrogens is 446 g/mol. The molecule has 3 heterocycles. The number of carboxylic acids is 1. The summed E-state index contributed by atoms with van der Waals surface area (Å²) in [7, 11) is 0. The summed E-state index contributed by atoms with van der Waals surface area (Å²) >= 11 is 1.26. The molecule has 1 aromatic rings. The van der Waals surface area contributed by atoms with Crippen LogP contribution in [0.25, 0.3) is 0 Å². The van der Waals surface area contributed by atoms with Crippen molar-refractivity contribution >= 4 is 41.2 Å². The van der Waals surface area contributed by atoms with Crippen molar-refractivity contribution in [3.8, 4) is 0 Å². The van der Waals surface area contributed by atoms with Gasteiger partial charge in [0.25, 0.3) is 5.91 Å². The maximum atomic E-state index is 12.6. The second kappa shape index (κ2) is 8.98. The molecule has 32 heavy (non-hydrogen) atoms. The summed E-state index contributed by atoms with van der Waals surface area (Å²) in [6.45, 7) is 4.10. The Morgan fingerprint density at radius 3 is 2.62 bits per heavy atom. The predicted octanol–water partition coefficient (Wildman–Crippen LogP) is 0.0999. The molecule has 2 unspecified atom stereocenters. The Balaban J connectivity index is 1.63. The van der Waals surface area contributed by atoms with Gasteiger partial charge >= 0.3 is 17.6 Å². The number of aromatic nitrogens is 2. The zero-order valence-electron chi connectivity index (χ0n) is 17.5. The first-order chi connectivity index (χ1) is 15.0. The predicted molar refractivity (Wildman–Crippen MR) is 109 cm³/mol. The van der Waals surface area contributed by atoms with Crippen LogP contribution in [0.3, 0.4) is 0 Å². The largest absolute Gasteiger partial charge is 0.477 e. The minimum atomic E-state index is -1.32. The molecule has 0 radical (unpaired) electrons. The number of nitrogens with zero attached hydrogens (tertiary/aromatic N) is 4. The molecule has 0 saturated carbocycles. The summed E-state index contributed by atoms with van der Waals surface area (Å²) in [5.74, 6) is -2.70. The van der Waals surface area contributed by atoms with Gasteiger partial charge in [-0.05, 0) is 13.8 Å². The van der Waals surface area contributed by atoms with Gasteiger partial charge in [-0.15, -0.1) is 11.8 Å². The van der Waals surface area contributed by atoms with E-state index < -0.39 is 40.1 Å². The van der Waals surface area contributed by atoms with E-state index in [0.717, 1.165) is 4.90 Å². The fourth-order valence-electron chi connectivity index (χ4n) is 3.61. The number of fused-ring (bicyclic) bond motifs is 1. The molecule has 1 aromatic heterocycles. The monoisotopic (exact) mass is 467 g/mol. The molecule has 2 aliphatic rings. The number of carbonyl (C=O) groups is 4. The quantitative estimate of drug-likeness (QED) is 0.231. The van der Waals surface area contributed by atoms with Crippen molar-refractivity contribution in [3.63, 3.8) is 0 Å². The number of ether oxygens (including phenoxy) is 1. The molecule has 0 bridgehead atoms. The van der Waals surface area contributed by atoms with Crippen molar-refractivity contribution in [1.82, 2.24) is 20.0 Å². The number of esters is 1. The SMILES string of the molecule is CC(=O)OCC1=C(C(=O)O)N2C(=O)C(NC(=O)CCn3nc(C)c([N+](=O)[O-])c3C)C2SC1. The fraction of sp³-hybridized carbons (Fsp3) is 0.500. The molecule has 2 aliphatic heterocycles. The number of hydrogen-bond donors (Lipinski definition) is 2. The lowest BCUT2D eigenvalue weighted by Gasteiger charge is -2.49. The molecule has 3 rings (SSSR count). The summed E-state index contributed by atoms with van der Waals surface area (Å²) in [5.41, 5.74) is 0.532. The Morgan fingerprint density at radius 1 is 1.38 bits per heavy atom. The maximum Gasteiger partial charge on any atom is 0.352 e. The van der Waals surface area contributed by atoms with Crippen molar-refractivity contribution in [2.75, 3.05) is 12.4 Å². The summed E-state index contributed by atoms with van der Waals surface area (Å²) in [6, 6.07) is -0.896. The van der Waals surface area contributed by atoms with Crippen LogP contribution in [0.5, 0.6) is 0 Å².